The predicted molar refractivity (Wildman–Crippen MR) is 437 cm³/mol. The second-order valence-electron chi connectivity index (χ2n) is 26.4. The molecule has 0 amide bonds. The van der Waals surface area contributed by atoms with E-state index < -0.39 is 90.0 Å². The Bertz CT molecular complexity index is 4820. The molecule has 2 heterocycles. The maximum atomic E-state index is 12.7. The van der Waals surface area contributed by atoms with Crippen LogP contribution in [0.15, 0.2) is 214 Å². The first-order valence-electron chi connectivity index (χ1n) is 38.9. The highest BCUT2D eigenvalue weighted by atomic mass is 16.7. The number of ether oxygens (including phenoxy) is 20. The lowest BCUT2D eigenvalue weighted by Gasteiger charge is -2.16. The van der Waals surface area contributed by atoms with Crippen molar-refractivity contribution in [1.82, 2.24) is 0 Å². The third-order valence-electron chi connectivity index (χ3n) is 17.1. The fraction of sp³-hybridized carbons (Fsp3) is 0.297. The number of rotatable bonds is 43. The zero-order valence-corrected chi connectivity index (χ0v) is 68.6. The second-order valence-corrected chi connectivity index (χ2v) is 26.4. The van der Waals surface area contributed by atoms with Gasteiger partial charge in [-0.25, -0.2) is 67.1 Å². The first-order valence-corrected chi connectivity index (χ1v) is 38.9. The smallest absolute Gasteiger partial charge is 0.465 e. The lowest BCUT2D eigenvalue weighted by atomic mass is 10.0. The number of hydrogen-bond acceptors (Lipinski definition) is 34. The molecule has 0 bridgehead atoms. The van der Waals surface area contributed by atoms with Gasteiger partial charge in [0.25, 0.3) is 0 Å². The summed E-state index contributed by atoms with van der Waals surface area (Å²) in [6, 6.07) is 39.4. The van der Waals surface area contributed by atoms with Crippen molar-refractivity contribution >= 4 is 83.9 Å². The summed E-state index contributed by atoms with van der Waals surface area (Å²) < 4.78 is 103. The minimum Gasteiger partial charge on any atom is -0.465 e. The molecule has 2 saturated heterocycles. The summed E-state index contributed by atoms with van der Waals surface area (Å²) >= 11 is 0. The lowest BCUT2D eigenvalue weighted by Crippen LogP contribution is -2.32. The van der Waals surface area contributed by atoms with Gasteiger partial charge in [-0.3, -0.25) is 0 Å². The highest BCUT2D eigenvalue weighted by Gasteiger charge is 2.48. The zero-order chi connectivity index (χ0) is 90.3. The molecule has 2 aliphatic heterocycles. The number of hydrogen-bond donors (Lipinski definition) is 0. The summed E-state index contributed by atoms with van der Waals surface area (Å²) in [6.45, 7) is 18.9. The van der Waals surface area contributed by atoms with E-state index in [1.54, 1.807) is 6.92 Å². The molecule has 34 nitrogen and oxygen atoms in total. The number of carbonyl (C=O) groups excluding carboxylic acids is 14. The van der Waals surface area contributed by atoms with Gasteiger partial charge in [0, 0.05) is 43.4 Å². The van der Waals surface area contributed by atoms with Crippen LogP contribution in [-0.2, 0) is 85.6 Å². The van der Waals surface area contributed by atoms with Crippen LogP contribution < -0.4 is 37.9 Å². The van der Waals surface area contributed by atoms with E-state index in [0.29, 0.717) is 87.9 Å². The summed E-state index contributed by atoms with van der Waals surface area (Å²) in [4.78, 5) is 166. The molecule has 125 heavy (non-hydrogen) atoms. The van der Waals surface area contributed by atoms with Gasteiger partial charge in [0.15, 0.2) is 6.10 Å². The molecule has 0 radical (unpaired) electrons. The Labute approximate surface area is 717 Å². The number of benzene rings is 7. The third-order valence-corrected chi connectivity index (χ3v) is 17.1. The Hall–Kier alpha value is -14.5. The van der Waals surface area contributed by atoms with E-state index in [4.69, 9.17) is 90.0 Å². The molecule has 4 atom stereocenters. The molecule has 0 spiro atoms. The standard InChI is InChI=1S/C38H38O14.C29H30O11.C24H24O9/c1-4-33(39)46-21-7-6-20-45-25-35(41)49-29-14-10-27(11-15-29)36(42)50-31-18-19-32(26(3)24-31)52-37(43)28-12-16-30(17-13-28)51-38(44)48-23-9-8-22-47-34(40)5-2;1-3-24(30)34-14-4-5-15-35-29(33)39-22-12-8-19(9-13-22)27(31)38-21-10-6-20(7-11-21)28(32)40-23-17-37-25-18(2)16-36-26(23)25;1-3-21(25)31-15-5-4-14-30-16-22(26)32-19-10-8-18(9-11-19)24(28)33-20-12-6-17(7-13-20)23(27)29-2/h4-5,10-19,24H,1-2,6-9,20-23,25H2,3H3;3,6-13,18,23,25-26H,1,4-5,14-17H2,2H3;3,6-13H,1,4-5,14-16H2,2H3. The predicted octanol–water partition coefficient (Wildman–Crippen LogP) is 12.9. The Kier molecular flexibility index (Phi) is 41.7. The van der Waals surface area contributed by atoms with Gasteiger partial charge in [-0.1, -0.05) is 33.2 Å². The van der Waals surface area contributed by atoms with E-state index in [-0.39, 0.29) is 146 Å². The van der Waals surface area contributed by atoms with Gasteiger partial charge in [-0.05, 0) is 228 Å². The Morgan fingerprint density at radius 3 is 0.960 bits per heavy atom. The average Bonchev–Trinajstić information content (AvgIpc) is 1.66. The fourth-order valence-corrected chi connectivity index (χ4v) is 10.6. The van der Waals surface area contributed by atoms with Crippen LogP contribution in [0.25, 0.3) is 0 Å². The minimum absolute atomic E-state index is 0.0627. The van der Waals surface area contributed by atoms with Crippen molar-refractivity contribution < 1.29 is 162 Å². The van der Waals surface area contributed by atoms with Gasteiger partial charge in [-0.2, -0.15) is 0 Å². The molecule has 0 aromatic heterocycles. The van der Waals surface area contributed by atoms with Crippen molar-refractivity contribution in [3.05, 3.63) is 253 Å². The van der Waals surface area contributed by atoms with Gasteiger partial charge >= 0.3 is 83.9 Å². The highest BCUT2D eigenvalue weighted by Crippen LogP contribution is 2.33. The molecular formula is C91H92O34. The maximum Gasteiger partial charge on any atom is 0.513 e. The minimum atomic E-state index is -0.925. The van der Waals surface area contributed by atoms with Gasteiger partial charge in [0.1, 0.15) is 65.3 Å². The summed E-state index contributed by atoms with van der Waals surface area (Å²) in [5.74, 6) is -4.82. The Balaban J connectivity index is 0.000000264. The van der Waals surface area contributed by atoms with Crippen molar-refractivity contribution in [2.45, 2.75) is 83.5 Å². The quantitative estimate of drug-likeness (QED) is 0.00855. The van der Waals surface area contributed by atoms with E-state index in [9.17, 15) is 67.1 Å². The van der Waals surface area contributed by atoms with Crippen LogP contribution in [0.2, 0.25) is 0 Å². The van der Waals surface area contributed by atoms with E-state index in [2.05, 4.69) is 31.1 Å². The van der Waals surface area contributed by atoms with Gasteiger partial charge in [0.05, 0.1) is 99.4 Å². The number of esters is 12. The number of unbranched alkanes of at least 4 members (excludes halogenated alkanes) is 4. The molecule has 4 unspecified atom stereocenters. The molecule has 7 aromatic rings. The van der Waals surface area contributed by atoms with Crippen molar-refractivity contribution in [3.63, 3.8) is 0 Å². The van der Waals surface area contributed by atoms with Crippen molar-refractivity contribution in [2.75, 3.05) is 86.4 Å². The SMILES string of the molecule is C=CC(=O)OCCCCOC(=O)Oc1ccc(C(=O)Oc2ccc(C(=O)OC3COC4C(C)COC34)cc2)cc1.C=CC(=O)OCCCCOCC(=O)Oc1ccc(C(=O)Oc2ccc(C(=O)OC)cc2)cc1.C=CC(=O)OCCCCOCC(=O)Oc1ccc(C(=O)Oc2ccc(OC(=O)c3ccc(OC(=O)OCCCCOC(=O)C=C)cc3)c(C)c2)cc1. The largest absolute Gasteiger partial charge is 0.513 e. The van der Waals surface area contributed by atoms with E-state index in [1.807, 2.05) is 6.92 Å². The van der Waals surface area contributed by atoms with Crippen LogP contribution in [0.1, 0.15) is 126 Å². The highest BCUT2D eigenvalue weighted by molar-refractivity contribution is 5.95. The molecule has 9 rings (SSSR count). The molecular weight excluding hydrogens is 1640 g/mol. The van der Waals surface area contributed by atoms with Crippen LogP contribution in [0.5, 0.6) is 46.0 Å². The van der Waals surface area contributed by atoms with Crippen LogP contribution in [0.3, 0.4) is 0 Å². The lowest BCUT2D eigenvalue weighted by molar-refractivity contribution is -0.140. The molecule has 0 aliphatic carbocycles. The van der Waals surface area contributed by atoms with Gasteiger partial charge < -0.3 is 94.7 Å². The monoisotopic (exact) mass is 1730 g/mol. The molecule has 660 valence electrons. The average molecular weight is 1730 g/mol. The fourth-order valence-electron chi connectivity index (χ4n) is 10.6. The summed E-state index contributed by atoms with van der Waals surface area (Å²) in [6.07, 6.45) is 6.02. The van der Waals surface area contributed by atoms with E-state index in [0.717, 1.165) is 24.3 Å². The molecule has 7 aromatic carbocycles. The Morgan fingerprint density at radius 2 is 0.616 bits per heavy atom. The number of carbonyl (C=O) groups is 14. The number of methoxy groups -OCH3 is 1. The molecule has 2 aliphatic rings. The van der Waals surface area contributed by atoms with Crippen molar-refractivity contribution in [3.8, 4) is 46.0 Å². The van der Waals surface area contributed by atoms with Crippen LogP contribution >= 0.6 is 0 Å². The molecule has 0 saturated carbocycles. The zero-order valence-electron chi connectivity index (χ0n) is 68.6. The number of aryl methyl sites for hydroxylation is 1. The topological polar surface area (TPSA) is 424 Å². The Morgan fingerprint density at radius 1 is 0.328 bits per heavy atom. The first-order chi connectivity index (χ1) is 60.3. The molecule has 0 N–H and O–H groups in total. The molecule has 2 fully saturated rings. The van der Waals surface area contributed by atoms with Crippen LogP contribution in [0.4, 0.5) is 9.59 Å². The van der Waals surface area contributed by atoms with Gasteiger partial charge in [0.2, 0.25) is 0 Å². The summed E-state index contributed by atoms with van der Waals surface area (Å²) in [7, 11) is 1.28. The van der Waals surface area contributed by atoms with Crippen molar-refractivity contribution in [2.24, 2.45) is 5.92 Å². The third kappa shape index (κ3) is 35.6. The molecule has 34 heteroatoms. The van der Waals surface area contributed by atoms with E-state index in [1.165, 1.54) is 171 Å². The van der Waals surface area contributed by atoms with Crippen LogP contribution in [0, 0.1) is 12.8 Å². The maximum absolute atomic E-state index is 12.7. The van der Waals surface area contributed by atoms with Gasteiger partial charge in [-0.15, -0.1) is 0 Å². The number of fused-ring (bicyclic) bond motifs is 1. The van der Waals surface area contributed by atoms with E-state index >= 15 is 0 Å². The second kappa shape index (κ2) is 53.3. The summed E-state index contributed by atoms with van der Waals surface area (Å²) in [5, 5.41) is 0. The van der Waals surface area contributed by atoms with Crippen LogP contribution in [-0.4, -0.2) is 189 Å². The first kappa shape index (κ1) is 97.6. The van der Waals surface area contributed by atoms with Crippen molar-refractivity contribution in [1.29, 1.82) is 0 Å². The summed E-state index contributed by atoms with van der Waals surface area (Å²) in [5.41, 5.74) is 2.01. The normalized spacial score (nSPS) is 13.7.